The lowest BCUT2D eigenvalue weighted by Gasteiger charge is -2.09. The molecule has 2 aromatic carbocycles. The zero-order valence-electron chi connectivity index (χ0n) is 14.6. The van der Waals surface area contributed by atoms with E-state index in [1.165, 1.54) is 5.56 Å². The van der Waals surface area contributed by atoms with E-state index in [4.69, 9.17) is 0 Å². The van der Waals surface area contributed by atoms with Crippen LogP contribution >= 0.6 is 11.3 Å². The quantitative estimate of drug-likeness (QED) is 0.700. The number of carbonyl (C=O) groups is 1. The molecule has 4 heteroatoms. The van der Waals surface area contributed by atoms with E-state index in [9.17, 15) is 4.79 Å². The second-order valence-electron chi connectivity index (χ2n) is 6.16. The lowest BCUT2D eigenvalue weighted by Crippen LogP contribution is -2.17. The molecule has 0 aliphatic rings. The molecular formula is C20H22N2OS. The first-order chi connectivity index (χ1) is 11.5. The van der Waals surface area contributed by atoms with Gasteiger partial charge in [0.25, 0.3) is 5.91 Å². The number of aromatic nitrogens is 1. The smallest absolute Gasteiger partial charge is 0.252 e. The Bertz CT molecular complexity index is 956. The Morgan fingerprint density at radius 3 is 2.46 bits per heavy atom. The number of hydrogen-bond acceptors (Lipinski definition) is 2. The second-order valence-corrected chi connectivity index (χ2v) is 7.17. The summed E-state index contributed by atoms with van der Waals surface area (Å²) < 4.78 is 3.26. The molecule has 0 N–H and O–H groups in total. The Morgan fingerprint density at radius 2 is 1.79 bits per heavy atom. The van der Waals surface area contributed by atoms with Gasteiger partial charge in [0.1, 0.15) is 0 Å². The van der Waals surface area contributed by atoms with Crippen molar-refractivity contribution in [1.82, 2.24) is 4.57 Å². The van der Waals surface area contributed by atoms with Crippen molar-refractivity contribution in [1.29, 1.82) is 0 Å². The summed E-state index contributed by atoms with van der Waals surface area (Å²) in [5.74, 6) is -0.0844. The minimum absolute atomic E-state index is 0.0844. The van der Waals surface area contributed by atoms with Crippen molar-refractivity contribution < 1.29 is 4.79 Å². The molecule has 24 heavy (non-hydrogen) atoms. The van der Waals surface area contributed by atoms with Gasteiger partial charge in [-0.2, -0.15) is 4.99 Å². The highest BCUT2D eigenvalue weighted by Gasteiger charge is 2.10. The van der Waals surface area contributed by atoms with Gasteiger partial charge in [0.2, 0.25) is 0 Å². The van der Waals surface area contributed by atoms with Crippen LogP contribution in [-0.2, 0) is 17.8 Å². The number of benzene rings is 2. The molecule has 0 aliphatic heterocycles. The van der Waals surface area contributed by atoms with Gasteiger partial charge in [-0.3, -0.25) is 4.79 Å². The summed E-state index contributed by atoms with van der Waals surface area (Å²) in [5.41, 5.74) is 5.79. The zero-order valence-corrected chi connectivity index (χ0v) is 15.4. The van der Waals surface area contributed by atoms with Gasteiger partial charge in [0.05, 0.1) is 16.6 Å². The Labute approximate surface area is 146 Å². The first kappa shape index (κ1) is 16.7. The van der Waals surface area contributed by atoms with Crippen LogP contribution in [0.5, 0.6) is 0 Å². The molecule has 1 amide bonds. The van der Waals surface area contributed by atoms with Crippen LogP contribution in [-0.4, -0.2) is 10.5 Å². The Morgan fingerprint density at radius 1 is 1.12 bits per heavy atom. The third kappa shape index (κ3) is 3.20. The Hall–Kier alpha value is -2.20. The zero-order chi connectivity index (χ0) is 17.3. The normalized spacial score (nSPS) is 12.1. The second kappa shape index (κ2) is 6.73. The van der Waals surface area contributed by atoms with Gasteiger partial charge < -0.3 is 4.57 Å². The molecule has 0 unspecified atom stereocenters. The van der Waals surface area contributed by atoms with Crippen LogP contribution in [0.2, 0.25) is 0 Å². The first-order valence-corrected chi connectivity index (χ1v) is 9.04. The van der Waals surface area contributed by atoms with Gasteiger partial charge in [0, 0.05) is 6.54 Å². The number of amides is 1. The molecule has 3 rings (SSSR count). The van der Waals surface area contributed by atoms with E-state index in [0.717, 1.165) is 38.3 Å². The highest BCUT2D eigenvalue weighted by molar-refractivity contribution is 7.16. The van der Waals surface area contributed by atoms with E-state index >= 15 is 0 Å². The van der Waals surface area contributed by atoms with Crippen molar-refractivity contribution in [2.75, 3.05) is 0 Å². The highest BCUT2D eigenvalue weighted by Crippen LogP contribution is 2.18. The predicted molar refractivity (Wildman–Crippen MR) is 100 cm³/mol. The summed E-state index contributed by atoms with van der Waals surface area (Å²) in [6, 6.07) is 12.4. The Kier molecular flexibility index (Phi) is 4.67. The molecule has 0 bridgehead atoms. The fourth-order valence-electron chi connectivity index (χ4n) is 3.20. The van der Waals surface area contributed by atoms with Crippen LogP contribution in [0, 0.1) is 20.8 Å². The number of hydrogen-bond donors (Lipinski definition) is 0. The summed E-state index contributed by atoms with van der Waals surface area (Å²) in [5, 5.41) is 0. The van der Waals surface area contributed by atoms with E-state index in [1.54, 1.807) is 11.3 Å². The van der Waals surface area contributed by atoms with Gasteiger partial charge in [-0.25, -0.2) is 0 Å². The summed E-state index contributed by atoms with van der Waals surface area (Å²) in [4.78, 5) is 17.7. The summed E-state index contributed by atoms with van der Waals surface area (Å²) in [6.45, 7) is 9.09. The number of rotatable bonds is 3. The van der Waals surface area contributed by atoms with E-state index < -0.39 is 0 Å². The molecule has 124 valence electrons. The maximum absolute atomic E-state index is 12.5. The van der Waals surface area contributed by atoms with Crippen molar-refractivity contribution in [3.63, 3.8) is 0 Å². The third-order valence-corrected chi connectivity index (χ3v) is 5.35. The minimum atomic E-state index is -0.0844. The lowest BCUT2D eigenvalue weighted by molar-refractivity contribution is -0.117. The van der Waals surface area contributed by atoms with Crippen molar-refractivity contribution >= 4 is 27.5 Å². The molecule has 0 saturated carbocycles. The minimum Gasteiger partial charge on any atom is -0.317 e. The monoisotopic (exact) mass is 338 g/mol. The highest BCUT2D eigenvalue weighted by atomic mass is 32.1. The van der Waals surface area contributed by atoms with Crippen LogP contribution in [0.4, 0.5) is 0 Å². The summed E-state index contributed by atoms with van der Waals surface area (Å²) >= 11 is 1.57. The van der Waals surface area contributed by atoms with Gasteiger partial charge in [-0.1, -0.05) is 41.2 Å². The van der Waals surface area contributed by atoms with E-state index in [1.807, 2.05) is 12.1 Å². The van der Waals surface area contributed by atoms with Crippen molar-refractivity contribution in [2.24, 2.45) is 4.99 Å². The van der Waals surface area contributed by atoms with Gasteiger partial charge >= 0.3 is 0 Å². The molecule has 0 spiro atoms. The maximum Gasteiger partial charge on any atom is 0.252 e. The van der Waals surface area contributed by atoms with E-state index in [0.29, 0.717) is 6.42 Å². The molecule has 0 saturated heterocycles. The number of thiazole rings is 1. The summed E-state index contributed by atoms with van der Waals surface area (Å²) in [6.07, 6.45) is 0.357. The molecule has 0 aliphatic carbocycles. The van der Waals surface area contributed by atoms with Crippen LogP contribution < -0.4 is 4.80 Å². The SMILES string of the molecule is CCn1c(=NC(=O)Cc2c(C)cc(C)cc2C)sc2ccccc21. The van der Waals surface area contributed by atoms with Crippen LogP contribution in [0.25, 0.3) is 10.2 Å². The predicted octanol–water partition coefficient (Wildman–Crippen LogP) is 4.32. The molecule has 1 aromatic heterocycles. The first-order valence-electron chi connectivity index (χ1n) is 8.22. The molecule has 0 radical (unpaired) electrons. The molecule has 0 fully saturated rings. The number of nitrogens with zero attached hydrogens (tertiary/aromatic N) is 2. The fraction of sp³-hybridized carbons (Fsp3) is 0.300. The molecule has 1 heterocycles. The number of fused-ring (bicyclic) bond motifs is 1. The van der Waals surface area contributed by atoms with Crippen LogP contribution in [0.3, 0.4) is 0 Å². The number of carbonyl (C=O) groups excluding carboxylic acids is 1. The van der Waals surface area contributed by atoms with Crippen LogP contribution in [0.1, 0.15) is 29.2 Å². The van der Waals surface area contributed by atoms with E-state index in [2.05, 4.69) is 61.5 Å². The van der Waals surface area contributed by atoms with Gasteiger partial charge in [-0.15, -0.1) is 0 Å². The van der Waals surface area contributed by atoms with Gasteiger partial charge in [-0.05, 0) is 56.5 Å². The maximum atomic E-state index is 12.5. The third-order valence-electron chi connectivity index (χ3n) is 4.29. The topological polar surface area (TPSA) is 34.4 Å². The largest absolute Gasteiger partial charge is 0.317 e. The molecule has 0 atom stereocenters. The van der Waals surface area contributed by atoms with Gasteiger partial charge in [0.15, 0.2) is 4.80 Å². The standard InChI is InChI=1S/C20H22N2OS/c1-5-22-17-8-6-7-9-18(17)24-20(22)21-19(23)12-16-14(3)10-13(2)11-15(16)4/h6-11H,5,12H2,1-4H3. The van der Waals surface area contributed by atoms with E-state index in [-0.39, 0.29) is 5.91 Å². The molecular weight excluding hydrogens is 316 g/mol. The Balaban J connectivity index is 1.99. The molecule has 3 nitrogen and oxygen atoms in total. The van der Waals surface area contributed by atoms with Crippen molar-refractivity contribution in [3.05, 3.63) is 63.5 Å². The number of aryl methyl sites for hydroxylation is 4. The fourth-order valence-corrected chi connectivity index (χ4v) is 4.31. The molecule has 3 aromatic rings. The average Bonchev–Trinajstić information content (AvgIpc) is 2.87. The number of para-hydroxylation sites is 1. The summed E-state index contributed by atoms with van der Waals surface area (Å²) in [7, 11) is 0. The lowest BCUT2D eigenvalue weighted by atomic mass is 9.97. The van der Waals surface area contributed by atoms with Crippen LogP contribution in [0.15, 0.2) is 41.4 Å². The van der Waals surface area contributed by atoms with Crippen molar-refractivity contribution in [3.8, 4) is 0 Å². The average molecular weight is 338 g/mol. The van der Waals surface area contributed by atoms with Crippen molar-refractivity contribution in [2.45, 2.75) is 40.7 Å².